The van der Waals surface area contributed by atoms with E-state index in [9.17, 15) is 0 Å². The van der Waals surface area contributed by atoms with Crippen molar-refractivity contribution in [1.29, 1.82) is 0 Å². The minimum absolute atomic E-state index is 0.646. The second-order valence-corrected chi connectivity index (χ2v) is 6.56. The third-order valence-corrected chi connectivity index (χ3v) is 4.33. The van der Waals surface area contributed by atoms with E-state index < -0.39 is 0 Å². The number of nitrogens with one attached hydrogen (secondary N) is 2. The van der Waals surface area contributed by atoms with Gasteiger partial charge in [0.15, 0.2) is 5.96 Å². The molecule has 1 aromatic carbocycles. The van der Waals surface area contributed by atoms with E-state index in [-0.39, 0.29) is 0 Å². The van der Waals surface area contributed by atoms with E-state index in [1.165, 1.54) is 4.90 Å². The van der Waals surface area contributed by atoms with Crippen molar-refractivity contribution in [3.8, 4) is 0 Å². The van der Waals surface area contributed by atoms with Crippen LogP contribution in [0.1, 0.15) is 5.69 Å². The molecule has 0 amide bonds. The average molecular weight is 344 g/mol. The summed E-state index contributed by atoms with van der Waals surface area (Å²) in [6.07, 6.45) is 0. The maximum Gasteiger partial charge on any atom is 0.191 e. The maximum absolute atomic E-state index is 4.59. The molecule has 1 heterocycles. The predicted octanol–water partition coefficient (Wildman–Crippen LogP) is 2.60. The molecule has 0 aliphatic carbocycles. The zero-order valence-corrected chi connectivity index (χ0v) is 15.3. The lowest BCUT2D eigenvalue weighted by molar-refractivity contribution is 0.810. The largest absolute Gasteiger partial charge is 0.363 e. The monoisotopic (exact) mass is 343 g/mol. The fraction of sp³-hybridized carbons (Fsp3) is 0.333. The van der Waals surface area contributed by atoms with Gasteiger partial charge in [-0.1, -0.05) is 24.3 Å². The van der Waals surface area contributed by atoms with Crippen LogP contribution in [0, 0.1) is 0 Å². The van der Waals surface area contributed by atoms with Gasteiger partial charge in [-0.25, -0.2) is 4.98 Å². The van der Waals surface area contributed by atoms with Gasteiger partial charge in [-0.2, -0.15) is 0 Å². The van der Waals surface area contributed by atoms with E-state index >= 15 is 0 Å². The average Bonchev–Trinajstić information content (AvgIpc) is 2.62. The predicted molar refractivity (Wildman–Crippen MR) is 104 cm³/mol. The second kappa shape index (κ2) is 9.82. The Balaban J connectivity index is 1.73. The number of anilines is 1. The molecule has 2 N–H and O–H groups in total. The number of pyridine rings is 1. The van der Waals surface area contributed by atoms with Crippen LogP contribution in [-0.2, 0) is 6.54 Å². The molecular weight excluding hydrogens is 318 g/mol. The van der Waals surface area contributed by atoms with Crippen molar-refractivity contribution in [3.63, 3.8) is 0 Å². The van der Waals surface area contributed by atoms with Crippen LogP contribution in [0.15, 0.2) is 58.4 Å². The summed E-state index contributed by atoms with van der Waals surface area (Å²) in [7, 11) is 5.76. The number of hydrogen-bond donors (Lipinski definition) is 2. The van der Waals surface area contributed by atoms with Gasteiger partial charge >= 0.3 is 0 Å². The van der Waals surface area contributed by atoms with E-state index in [1.54, 1.807) is 7.05 Å². The number of rotatable bonds is 7. The lowest BCUT2D eigenvalue weighted by Crippen LogP contribution is -2.38. The van der Waals surface area contributed by atoms with E-state index in [4.69, 9.17) is 0 Å². The van der Waals surface area contributed by atoms with Crippen LogP contribution < -0.4 is 15.5 Å². The molecule has 1 aromatic heterocycles. The number of nitrogens with zero attached hydrogens (tertiary/aromatic N) is 3. The highest BCUT2D eigenvalue weighted by molar-refractivity contribution is 7.99. The molecule has 0 atom stereocenters. The summed E-state index contributed by atoms with van der Waals surface area (Å²) in [4.78, 5) is 12.1. The number of benzene rings is 1. The summed E-state index contributed by atoms with van der Waals surface area (Å²) < 4.78 is 0. The summed E-state index contributed by atoms with van der Waals surface area (Å²) in [6.45, 7) is 1.50. The highest BCUT2D eigenvalue weighted by Gasteiger charge is 2.02. The summed E-state index contributed by atoms with van der Waals surface area (Å²) in [5.41, 5.74) is 0.989. The van der Waals surface area contributed by atoms with Crippen LogP contribution in [0.4, 0.5) is 5.82 Å². The van der Waals surface area contributed by atoms with Crippen molar-refractivity contribution >= 4 is 23.5 Å². The molecule has 128 valence electrons. The van der Waals surface area contributed by atoms with Gasteiger partial charge in [0, 0.05) is 38.3 Å². The quantitative estimate of drug-likeness (QED) is 0.350. The van der Waals surface area contributed by atoms with E-state index in [0.29, 0.717) is 6.54 Å². The molecule has 24 heavy (non-hydrogen) atoms. The van der Waals surface area contributed by atoms with E-state index in [0.717, 1.165) is 29.8 Å². The van der Waals surface area contributed by atoms with Gasteiger partial charge in [0.05, 0.1) is 12.2 Å². The van der Waals surface area contributed by atoms with Gasteiger partial charge < -0.3 is 15.5 Å². The summed E-state index contributed by atoms with van der Waals surface area (Å²) in [6, 6.07) is 16.4. The van der Waals surface area contributed by atoms with Crippen molar-refractivity contribution in [2.24, 2.45) is 4.99 Å². The minimum atomic E-state index is 0.646. The summed E-state index contributed by atoms with van der Waals surface area (Å²) in [5, 5.41) is 6.63. The van der Waals surface area contributed by atoms with Gasteiger partial charge in [0.1, 0.15) is 5.82 Å². The molecule has 2 rings (SSSR count). The number of aromatic nitrogens is 1. The molecule has 0 bridgehead atoms. The Labute approximate surface area is 148 Å². The molecule has 0 saturated heterocycles. The van der Waals surface area contributed by atoms with E-state index in [2.05, 4.69) is 44.9 Å². The highest BCUT2D eigenvalue weighted by atomic mass is 32.2. The Bertz CT molecular complexity index is 643. The van der Waals surface area contributed by atoms with Gasteiger partial charge in [-0.05, 0) is 24.3 Å². The molecule has 0 fully saturated rings. The van der Waals surface area contributed by atoms with E-state index in [1.807, 2.05) is 55.0 Å². The van der Waals surface area contributed by atoms with Gasteiger partial charge in [-0.3, -0.25) is 4.99 Å². The zero-order valence-electron chi connectivity index (χ0n) is 14.5. The number of hydrogen-bond acceptors (Lipinski definition) is 4. The number of aliphatic imine (C=N–C) groups is 1. The molecule has 0 radical (unpaired) electrons. The smallest absolute Gasteiger partial charge is 0.191 e. The molecule has 5 nitrogen and oxygen atoms in total. The molecule has 0 aliphatic heterocycles. The first-order valence-corrected chi connectivity index (χ1v) is 8.93. The maximum atomic E-state index is 4.59. The number of guanidine groups is 1. The van der Waals surface area contributed by atoms with Crippen molar-refractivity contribution in [3.05, 3.63) is 54.2 Å². The fourth-order valence-electron chi connectivity index (χ4n) is 2.06. The number of thioether (sulfide) groups is 1. The molecule has 0 unspecified atom stereocenters. The van der Waals surface area contributed by atoms with Crippen LogP contribution in [0.25, 0.3) is 0 Å². The third kappa shape index (κ3) is 6.12. The SMILES string of the molecule is CN=C(NCCSc1ccccc1)NCc1cccc(N(C)C)n1. The molecule has 2 aromatic rings. The molecule has 6 heteroatoms. The molecule has 0 saturated carbocycles. The standard InChI is InChI=1S/C18H25N5S/c1-19-18(20-12-13-24-16-9-5-4-6-10-16)21-14-15-8-7-11-17(22-15)23(2)3/h4-11H,12-14H2,1-3H3,(H2,19,20,21). The van der Waals surface area contributed by atoms with Crippen LogP contribution in [-0.4, -0.2) is 44.4 Å². The van der Waals surface area contributed by atoms with Gasteiger partial charge in [-0.15, -0.1) is 11.8 Å². The first kappa shape index (κ1) is 18.1. The van der Waals surface area contributed by atoms with Crippen LogP contribution in [0.5, 0.6) is 0 Å². The molecular formula is C18H25N5S. The Morgan fingerprint density at radius 3 is 2.58 bits per heavy atom. The second-order valence-electron chi connectivity index (χ2n) is 5.40. The van der Waals surface area contributed by atoms with Crippen LogP contribution in [0.2, 0.25) is 0 Å². The summed E-state index contributed by atoms with van der Waals surface area (Å²) in [5.74, 6) is 2.73. The topological polar surface area (TPSA) is 52.6 Å². The molecule has 0 spiro atoms. The zero-order chi connectivity index (χ0) is 17.2. The first-order chi connectivity index (χ1) is 11.7. The minimum Gasteiger partial charge on any atom is -0.363 e. The third-order valence-electron chi connectivity index (χ3n) is 3.32. The van der Waals surface area contributed by atoms with Crippen molar-refractivity contribution in [2.75, 3.05) is 38.3 Å². The van der Waals surface area contributed by atoms with Crippen LogP contribution >= 0.6 is 11.8 Å². The lowest BCUT2D eigenvalue weighted by Gasteiger charge is -2.14. The first-order valence-electron chi connectivity index (χ1n) is 7.94. The molecule has 0 aliphatic rings. The lowest BCUT2D eigenvalue weighted by atomic mass is 10.3. The highest BCUT2D eigenvalue weighted by Crippen LogP contribution is 2.15. The normalized spacial score (nSPS) is 11.2. The summed E-state index contributed by atoms with van der Waals surface area (Å²) >= 11 is 1.83. The fourth-order valence-corrected chi connectivity index (χ4v) is 2.85. The van der Waals surface area contributed by atoms with Gasteiger partial charge in [0.25, 0.3) is 0 Å². The Morgan fingerprint density at radius 1 is 1.08 bits per heavy atom. The van der Waals surface area contributed by atoms with Gasteiger partial charge in [0.2, 0.25) is 0 Å². The van der Waals surface area contributed by atoms with Crippen molar-refractivity contribution in [2.45, 2.75) is 11.4 Å². The van der Waals surface area contributed by atoms with Crippen molar-refractivity contribution < 1.29 is 0 Å². The van der Waals surface area contributed by atoms with Crippen molar-refractivity contribution in [1.82, 2.24) is 15.6 Å². The Morgan fingerprint density at radius 2 is 1.88 bits per heavy atom. The van der Waals surface area contributed by atoms with Crippen LogP contribution in [0.3, 0.4) is 0 Å². The Hall–Kier alpha value is -2.21. The Kier molecular flexibility index (Phi) is 7.42.